The van der Waals surface area contributed by atoms with Crippen molar-refractivity contribution < 1.29 is 9.47 Å². The van der Waals surface area contributed by atoms with Gasteiger partial charge in [-0.3, -0.25) is 0 Å². The minimum atomic E-state index is 0.200. The van der Waals surface area contributed by atoms with E-state index >= 15 is 0 Å². The monoisotopic (exact) mass is 274 g/mol. The van der Waals surface area contributed by atoms with Gasteiger partial charge in [0.25, 0.3) is 0 Å². The molecule has 0 saturated carbocycles. The Balaban J connectivity index is 2.19. The number of hydrogen-bond acceptors (Lipinski definition) is 3. The first-order chi connectivity index (χ1) is 9.19. The summed E-state index contributed by atoms with van der Waals surface area (Å²) in [6.45, 7) is 0. The summed E-state index contributed by atoms with van der Waals surface area (Å²) in [7, 11) is 1.62. The highest BCUT2D eigenvalue weighted by Crippen LogP contribution is 2.29. The average molecular weight is 274 g/mol. The number of thiocarbonyl (C=S) groups is 1. The van der Waals surface area contributed by atoms with Crippen LogP contribution in [0.4, 0.5) is 5.69 Å². The molecule has 5 heteroatoms. The normalized spacial score (nSPS) is 9.74. The highest BCUT2D eigenvalue weighted by Gasteiger charge is 2.04. The van der Waals surface area contributed by atoms with Crippen molar-refractivity contribution in [2.75, 3.05) is 12.4 Å². The van der Waals surface area contributed by atoms with Gasteiger partial charge < -0.3 is 20.5 Å². The molecule has 4 nitrogen and oxygen atoms in total. The first kappa shape index (κ1) is 13.2. The van der Waals surface area contributed by atoms with Crippen LogP contribution < -0.4 is 20.5 Å². The number of benzene rings is 2. The molecule has 0 radical (unpaired) electrons. The Morgan fingerprint density at radius 3 is 2.32 bits per heavy atom. The molecule has 0 heterocycles. The van der Waals surface area contributed by atoms with Gasteiger partial charge in [-0.15, -0.1) is 0 Å². The minimum absolute atomic E-state index is 0.200. The van der Waals surface area contributed by atoms with Crippen molar-refractivity contribution in [3.63, 3.8) is 0 Å². The number of anilines is 1. The molecule has 0 unspecified atom stereocenters. The second-order valence-electron chi connectivity index (χ2n) is 3.76. The molecular formula is C14H14N2O2S. The van der Waals surface area contributed by atoms with E-state index in [9.17, 15) is 0 Å². The zero-order valence-corrected chi connectivity index (χ0v) is 11.2. The van der Waals surface area contributed by atoms with Crippen LogP contribution in [0.15, 0.2) is 48.5 Å². The quantitative estimate of drug-likeness (QED) is 0.839. The van der Waals surface area contributed by atoms with Crippen molar-refractivity contribution in [1.82, 2.24) is 0 Å². The van der Waals surface area contributed by atoms with Gasteiger partial charge in [0.15, 0.2) is 10.9 Å². The van der Waals surface area contributed by atoms with Crippen molar-refractivity contribution in [2.24, 2.45) is 5.73 Å². The zero-order chi connectivity index (χ0) is 13.7. The molecule has 2 rings (SSSR count). The second kappa shape index (κ2) is 6.06. The van der Waals surface area contributed by atoms with E-state index in [0.29, 0.717) is 11.5 Å². The van der Waals surface area contributed by atoms with Crippen LogP contribution in [-0.2, 0) is 0 Å². The van der Waals surface area contributed by atoms with Crippen molar-refractivity contribution in [1.29, 1.82) is 0 Å². The Morgan fingerprint density at radius 2 is 1.68 bits per heavy atom. The maximum Gasteiger partial charge on any atom is 0.168 e. The van der Waals surface area contributed by atoms with Gasteiger partial charge in [-0.25, -0.2) is 0 Å². The van der Waals surface area contributed by atoms with E-state index in [1.165, 1.54) is 0 Å². The SMILES string of the molecule is COc1ccc(Oc2ccccc2NC(N)=S)cc1. The number of para-hydroxylation sites is 2. The third-order valence-corrected chi connectivity index (χ3v) is 2.53. The van der Waals surface area contributed by atoms with Crippen LogP contribution in [0.2, 0.25) is 0 Å². The van der Waals surface area contributed by atoms with Crippen LogP contribution in [0.3, 0.4) is 0 Å². The first-order valence-corrected chi connectivity index (χ1v) is 6.07. The number of hydrogen-bond donors (Lipinski definition) is 2. The van der Waals surface area contributed by atoms with Gasteiger partial charge >= 0.3 is 0 Å². The van der Waals surface area contributed by atoms with Gasteiger partial charge in [0, 0.05) is 0 Å². The fraction of sp³-hybridized carbons (Fsp3) is 0.0714. The average Bonchev–Trinajstić information content (AvgIpc) is 2.41. The van der Waals surface area contributed by atoms with Gasteiger partial charge in [-0.1, -0.05) is 12.1 Å². The Hall–Kier alpha value is -2.27. The van der Waals surface area contributed by atoms with Crippen LogP contribution in [-0.4, -0.2) is 12.2 Å². The van der Waals surface area contributed by atoms with Crippen LogP contribution in [0.25, 0.3) is 0 Å². The fourth-order valence-electron chi connectivity index (χ4n) is 1.56. The van der Waals surface area contributed by atoms with Gasteiger partial charge in [-0.2, -0.15) is 0 Å². The molecule has 0 bridgehead atoms. The lowest BCUT2D eigenvalue weighted by molar-refractivity contribution is 0.413. The lowest BCUT2D eigenvalue weighted by atomic mass is 10.3. The molecule has 3 N–H and O–H groups in total. The van der Waals surface area contributed by atoms with E-state index in [2.05, 4.69) is 5.32 Å². The largest absolute Gasteiger partial charge is 0.497 e. The van der Waals surface area contributed by atoms with E-state index in [-0.39, 0.29) is 5.11 Å². The van der Waals surface area contributed by atoms with Crippen molar-refractivity contribution in [3.8, 4) is 17.2 Å². The molecule has 0 aliphatic heterocycles. The molecule has 0 aliphatic carbocycles. The van der Waals surface area contributed by atoms with Gasteiger partial charge in [0.2, 0.25) is 0 Å². The molecule has 0 fully saturated rings. The van der Waals surface area contributed by atoms with Gasteiger partial charge in [-0.05, 0) is 48.6 Å². The topological polar surface area (TPSA) is 56.5 Å². The summed E-state index contributed by atoms with van der Waals surface area (Å²) in [4.78, 5) is 0. The predicted molar refractivity (Wildman–Crippen MR) is 79.9 cm³/mol. The molecule has 0 aromatic heterocycles. The Kier molecular flexibility index (Phi) is 4.20. The molecular weight excluding hydrogens is 260 g/mol. The van der Waals surface area contributed by atoms with Crippen LogP contribution in [0, 0.1) is 0 Å². The Morgan fingerprint density at radius 1 is 1.05 bits per heavy atom. The number of methoxy groups -OCH3 is 1. The molecule has 0 atom stereocenters. The second-order valence-corrected chi connectivity index (χ2v) is 4.20. The first-order valence-electron chi connectivity index (χ1n) is 5.66. The van der Waals surface area contributed by atoms with E-state index < -0.39 is 0 Å². The summed E-state index contributed by atoms with van der Waals surface area (Å²) in [5.74, 6) is 2.14. The van der Waals surface area contributed by atoms with E-state index in [1.807, 2.05) is 48.5 Å². The third-order valence-electron chi connectivity index (χ3n) is 2.43. The van der Waals surface area contributed by atoms with Crippen LogP contribution >= 0.6 is 12.2 Å². The molecule has 0 saturated heterocycles. The van der Waals surface area contributed by atoms with E-state index in [0.717, 1.165) is 11.4 Å². The summed E-state index contributed by atoms with van der Waals surface area (Å²) >= 11 is 4.83. The molecule has 2 aromatic rings. The van der Waals surface area contributed by atoms with Crippen LogP contribution in [0.1, 0.15) is 0 Å². The number of ether oxygens (including phenoxy) is 2. The zero-order valence-electron chi connectivity index (χ0n) is 10.4. The highest BCUT2D eigenvalue weighted by molar-refractivity contribution is 7.80. The molecule has 98 valence electrons. The lowest BCUT2D eigenvalue weighted by Crippen LogP contribution is -2.19. The van der Waals surface area contributed by atoms with Crippen molar-refractivity contribution in [2.45, 2.75) is 0 Å². The third kappa shape index (κ3) is 3.59. The standard InChI is InChI=1S/C14H14N2O2S/c1-17-10-6-8-11(9-7-10)18-13-5-3-2-4-12(13)16-14(15)19/h2-9H,1H3,(H3,15,16,19). The summed E-state index contributed by atoms with van der Waals surface area (Å²) in [6.07, 6.45) is 0. The molecule has 0 aliphatic rings. The minimum Gasteiger partial charge on any atom is -0.497 e. The number of nitrogens with one attached hydrogen (secondary N) is 1. The van der Waals surface area contributed by atoms with Crippen LogP contribution in [0.5, 0.6) is 17.2 Å². The molecule has 19 heavy (non-hydrogen) atoms. The number of rotatable bonds is 4. The van der Waals surface area contributed by atoms with Crippen molar-refractivity contribution in [3.05, 3.63) is 48.5 Å². The summed E-state index contributed by atoms with van der Waals surface area (Å²) in [5.41, 5.74) is 6.20. The maximum atomic E-state index is 5.78. The fourth-order valence-corrected chi connectivity index (χ4v) is 1.67. The maximum absolute atomic E-state index is 5.78. The number of nitrogens with two attached hydrogens (primary N) is 1. The highest BCUT2D eigenvalue weighted by atomic mass is 32.1. The summed E-state index contributed by atoms with van der Waals surface area (Å²) in [6, 6.07) is 14.8. The Bertz CT molecular complexity index is 570. The lowest BCUT2D eigenvalue weighted by Gasteiger charge is -2.12. The molecule has 2 aromatic carbocycles. The van der Waals surface area contributed by atoms with Gasteiger partial charge in [0.1, 0.15) is 11.5 Å². The predicted octanol–water partition coefficient (Wildman–Crippen LogP) is 3.14. The Labute approximate surface area is 117 Å². The molecule has 0 spiro atoms. The summed E-state index contributed by atoms with van der Waals surface area (Å²) < 4.78 is 10.9. The smallest absolute Gasteiger partial charge is 0.168 e. The molecule has 0 amide bonds. The van der Waals surface area contributed by atoms with E-state index in [1.54, 1.807) is 7.11 Å². The van der Waals surface area contributed by atoms with E-state index in [4.69, 9.17) is 27.4 Å². The van der Waals surface area contributed by atoms with Gasteiger partial charge in [0.05, 0.1) is 12.8 Å². The summed E-state index contributed by atoms with van der Waals surface area (Å²) in [5, 5.41) is 3.08. The van der Waals surface area contributed by atoms with Crippen molar-refractivity contribution >= 4 is 23.0 Å².